The molecule has 1 aromatic rings. The number of rotatable bonds is 6. The topological polar surface area (TPSA) is 66.0 Å². The van der Waals surface area contributed by atoms with E-state index in [1.54, 1.807) is 24.4 Å². The van der Waals surface area contributed by atoms with Crippen molar-refractivity contribution in [3.8, 4) is 0 Å². The van der Waals surface area contributed by atoms with Crippen LogP contribution in [0.5, 0.6) is 0 Å². The van der Waals surface area contributed by atoms with Crippen molar-refractivity contribution >= 4 is 11.9 Å². The van der Waals surface area contributed by atoms with E-state index >= 15 is 0 Å². The highest BCUT2D eigenvalue weighted by Gasteiger charge is 2.57. The monoisotopic (exact) mass is 386 g/mol. The molecule has 152 valence electrons. The molecule has 0 radical (unpaired) electrons. The van der Waals surface area contributed by atoms with Crippen LogP contribution in [0.4, 0.5) is 4.79 Å². The van der Waals surface area contributed by atoms with E-state index in [1.807, 2.05) is 12.1 Å². The summed E-state index contributed by atoms with van der Waals surface area (Å²) in [7, 11) is 1.63. The summed E-state index contributed by atoms with van der Waals surface area (Å²) in [6.07, 6.45) is 9.98. The van der Waals surface area contributed by atoms with E-state index in [4.69, 9.17) is 4.74 Å². The van der Waals surface area contributed by atoms with E-state index in [2.05, 4.69) is 9.88 Å². The summed E-state index contributed by atoms with van der Waals surface area (Å²) in [5.41, 5.74) is 0.156. The molecule has 3 aliphatic rings. The van der Waals surface area contributed by atoms with Gasteiger partial charge in [0.1, 0.15) is 5.54 Å². The number of nitrogens with zero attached hydrogens (tertiary/aromatic N) is 4. The first kappa shape index (κ1) is 19.3. The van der Waals surface area contributed by atoms with E-state index in [9.17, 15) is 9.59 Å². The number of carbonyl (C=O) groups excluding carboxylic acids is 2. The maximum absolute atomic E-state index is 13.5. The molecule has 7 nitrogen and oxygen atoms in total. The minimum absolute atomic E-state index is 0.0523. The molecule has 3 fully saturated rings. The number of hydrogen-bond acceptors (Lipinski definition) is 5. The summed E-state index contributed by atoms with van der Waals surface area (Å²) in [6.45, 7) is 2.94. The average Bonchev–Trinajstić information content (AvgIpc) is 3.32. The van der Waals surface area contributed by atoms with Gasteiger partial charge in [-0.2, -0.15) is 0 Å². The molecule has 0 atom stereocenters. The zero-order chi connectivity index (χ0) is 19.6. The normalized spacial score (nSPS) is 23.3. The van der Waals surface area contributed by atoms with Crippen LogP contribution in [0.2, 0.25) is 0 Å². The standard InChI is InChI=1S/C21H30N4O3/c1-28-14-13-25-20(27)24(16-17-5-4-10-22-15-17)19(26)21(25)8-11-23(12-9-21)18-6-2-3-7-18/h4-5,10,15,18H,2-3,6-9,11-14,16H2,1H3. The molecule has 1 saturated carbocycles. The zero-order valence-corrected chi connectivity index (χ0v) is 16.7. The van der Waals surface area contributed by atoms with Gasteiger partial charge in [-0.15, -0.1) is 0 Å². The van der Waals surface area contributed by atoms with Crippen LogP contribution in [0, 0.1) is 0 Å². The second-order valence-corrected chi connectivity index (χ2v) is 8.19. The maximum atomic E-state index is 13.5. The Balaban J connectivity index is 1.53. The predicted octanol–water partition coefficient (Wildman–Crippen LogP) is 2.27. The van der Waals surface area contributed by atoms with Crippen LogP contribution in [0.15, 0.2) is 24.5 Å². The Kier molecular flexibility index (Phi) is 5.64. The summed E-state index contributed by atoms with van der Waals surface area (Å²) >= 11 is 0. The molecule has 0 aromatic carbocycles. The van der Waals surface area contributed by atoms with Crippen LogP contribution in [0.25, 0.3) is 0 Å². The first-order valence-electron chi connectivity index (χ1n) is 10.4. The van der Waals surface area contributed by atoms with Crippen molar-refractivity contribution < 1.29 is 14.3 Å². The summed E-state index contributed by atoms with van der Waals surface area (Å²) in [6, 6.07) is 4.20. The van der Waals surface area contributed by atoms with Gasteiger partial charge in [0.2, 0.25) is 0 Å². The van der Waals surface area contributed by atoms with Gasteiger partial charge >= 0.3 is 6.03 Å². The van der Waals surface area contributed by atoms with Crippen molar-refractivity contribution in [1.29, 1.82) is 0 Å². The molecule has 0 N–H and O–H groups in total. The third-order valence-electron chi connectivity index (χ3n) is 6.67. The van der Waals surface area contributed by atoms with Crippen LogP contribution >= 0.6 is 0 Å². The first-order chi connectivity index (χ1) is 13.7. The Labute approximate surface area is 166 Å². The highest BCUT2D eigenvalue weighted by Crippen LogP contribution is 2.39. The quantitative estimate of drug-likeness (QED) is 0.702. The van der Waals surface area contributed by atoms with Gasteiger partial charge in [-0.25, -0.2) is 4.79 Å². The van der Waals surface area contributed by atoms with E-state index in [0.29, 0.717) is 32.0 Å². The van der Waals surface area contributed by atoms with Crippen molar-refractivity contribution in [3.63, 3.8) is 0 Å². The van der Waals surface area contributed by atoms with Gasteiger partial charge in [-0.05, 0) is 37.3 Å². The third-order valence-corrected chi connectivity index (χ3v) is 6.67. The van der Waals surface area contributed by atoms with Crippen molar-refractivity contribution in [1.82, 2.24) is 19.7 Å². The molecule has 4 rings (SSSR count). The smallest absolute Gasteiger partial charge is 0.328 e. The van der Waals surface area contributed by atoms with Gasteiger partial charge in [0, 0.05) is 45.2 Å². The number of ether oxygens (including phenoxy) is 1. The van der Waals surface area contributed by atoms with Gasteiger partial charge in [0.15, 0.2) is 0 Å². The Bertz CT molecular complexity index is 697. The van der Waals surface area contributed by atoms with E-state index in [1.165, 1.54) is 30.6 Å². The average molecular weight is 386 g/mol. The summed E-state index contributed by atoms with van der Waals surface area (Å²) in [5.74, 6) is -0.0523. The molecular weight excluding hydrogens is 356 g/mol. The molecule has 28 heavy (non-hydrogen) atoms. The fourth-order valence-corrected chi connectivity index (χ4v) is 5.10. The van der Waals surface area contributed by atoms with E-state index < -0.39 is 5.54 Å². The molecule has 1 aromatic heterocycles. The number of carbonyl (C=O) groups is 2. The molecule has 2 saturated heterocycles. The van der Waals surface area contributed by atoms with Crippen LogP contribution in [-0.2, 0) is 16.1 Å². The SMILES string of the molecule is COCCN1C(=O)N(Cc2cccnc2)C(=O)C12CCN(C1CCCC1)CC2. The molecule has 3 amide bonds. The lowest BCUT2D eigenvalue weighted by molar-refractivity contribution is -0.136. The molecular formula is C21H30N4O3. The molecule has 0 unspecified atom stereocenters. The van der Waals surface area contributed by atoms with Crippen molar-refractivity contribution in [2.45, 2.75) is 56.7 Å². The Morgan fingerprint density at radius 1 is 1.21 bits per heavy atom. The van der Waals surface area contributed by atoms with Gasteiger partial charge in [0.05, 0.1) is 13.2 Å². The fraction of sp³-hybridized carbons (Fsp3) is 0.667. The molecule has 2 aliphatic heterocycles. The number of methoxy groups -OCH3 is 1. The van der Waals surface area contributed by atoms with Crippen LogP contribution < -0.4 is 0 Å². The fourth-order valence-electron chi connectivity index (χ4n) is 5.10. The van der Waals surface area contributed by atoms with Gasteiger partial charge in [0.25, 0.3) is 5.91 Å². The predicted molar refractivity (Wildman–Crippen MR) is 105 cm³/mol. The number of aromatic nitrogens is 1. The lowest BCUT2D eigenvalue weighted by Crippen LogP contribution is -2.58. The molecule has 7 heteroatoms. The molecule has 0 bridgehead atoms. The van der Waals surface area contributed by atoms with Crippen LogP contribution in [0.3, 0.4) is 0 Å². The highest BCUT2D eigenvalue weighted by atomic mass is 16.5. The highest BCUT2D eigenvalue weighted by molar-refractivity contribution is 6.07. The Morgan fingerprint density at radius 3 is 2.61 bits per heavy atom. The summed E-state index contributed by atoms with van der Waals surface area (Å²) in [5, 5.41) is 0. The van der Waals surface area contributed by atoms with Crippen molar-refractivity contribution in [3.05, 3.63) is 30.1 Å². The zero-order valence-electron chi connectivity index (χ0n) is 16.7. The number of imide groups is 1. The Morgan fingerprint density at radius 2 is 1.96 bits per heavy atom. The number of piperidine rings is 1. The molecule has 1 spiro atoms. The Hall–Kier alpha value is -1.99. The van der Waals surface area contributed by atoms with Crippen LogP contribution in [-0.4, -0.2) is 76.6 Å². The van der Waals surface area contributed by atoms with Gasteiger partial charge < -0.3 is 14.5 Å². The van der Waals surface area contributed by atoms with Gasteiger partial charge in [-0.1, -0.05) is 18.9 Å². The lowest BCUT2D eigenvalue weighted by atomic mass is 9.85. The molecule has 1 aliphatic carbocycles. The number of hydrogen-bond donors (Lipinski definition) is 0. The largest absolute Gasteiger partial charge is 0.383 e. The van der Waals surface area contributed by atoms with Crippen LogP contribution in [0.1, 0.15) is 44.1 Å². The second kappa shape index (κ2) is 8.17. The van der Waals surface area contributed by atoms with Gasteiger partial charge in [-0.3, -0.25) is 14.7 Å². The summed E-state index contributed by atoms with van der Waals surface area (Å²) in [4.78, 5) is 36.5. The molecule has 3 heterocycles. The number of urea groups is 1. The minimum Gasteiger partial charge on any atom is -0.383 e. The summed E-state index contributed by atoms with van der Waals surface area (Å²) < 4.78 is 5.23. The van der Waals surface area contributed by atoms with Crippen molar-refractivity contribution in [2.24, 2.45) is 0 Å². The van der Waals surface area contributed by atoms with Crippen molar-refractivity contribution in [2.75, 3.05) is 33.4 Å². The number of likely N-dealkylation sites (tertiary alicyclic amines) is 1. The number of pyridine rings is 1. The van der Waals surface area contributed by atoms with E-state index in [-0.39, 0.29) is 18.5 Å². The minimum atomic E-state index is -0.715. The first-order valence-corrected chi connectivity index (χ1v) is 10.4. The maximum Gasteiger partial charge on any atom is 0.328 e. The van der Waals surface area contributed by atoms with E-state index in [0.717, 1.165) is 18.7 Å². The lowest BCUT2D eigenvalue weighted by Gasteiger charge is -2.44. The number of amides is 3. The third kappa shape index (κ3) is 3.42. The second-order valence-electron chi connectivity index (χ2n) is 8.19.